The first-order valence-corrected chi connectivity index (χ1v) is 9.03. The minimum absolute atomic E-state index is 0.194. The van der Waals surface area contributed by atoms with E-state index in [0.29, 0.717) is 13.0 Å². The molecule has 5 nitrogen and oxygen atoms in total. The van der Waals surface area contributed by atoms with Crippen LogP contribution in [0.2, 0.25) is 0 Å². The van der Waals surface area contributed by atoms with Gasteiger partial charge in [-0.1, -0.05) is 0 Å². The average Bonchev–Trinajstić information content (AvgIpc) is 2.58. The molecule has 0 unspecified atom stereocenters. The third kappa shape index (κ3) is 3.96. The standard InChI is InChI=1S/C19H21N3O2S/c1-21(2)13-6-8-15-17(11-13)25-18-12-14(7-9-16(18)20-15)22(3)10-4-5-19(23)24/h6-9,11-12H,4-5,10H2,1-3H3/p+1. The molecule has 25 heavy (non-hydrogen) atoms. The van der Waals surface area contributed by atoms with Crippen LogP contribution in [0.1, 0.15) is 12.8 Å². The van der Waals surface area contributed by atoms with Crippen molar-refractivity contribution in [2.75, 3.05) is 32.6 Å². The van der Waals surface area contributed by atoms with Crippen molar-refractivity contribution in [3.63, 3.8) is 0 Å². The van der Waals surface area contributed by atoms with E-state index in [0.717, 1.165) is 31.8 Å². The molecule has 0 aromatic heterocycles. The van der Waals surface area contributed by atoms with E-state index < -0.39 is 5.97 Å². The fraction of sp³-hybridized carbons (Fsp3) is 0.316. The smallest absolute Gasteiger partial charge is 0.303 e. The van der Waals surface area contributed by atoms with Crippen LogP contribution in [-0.4, -0.2) is 43.7 Å². The Kier molecular flexibility index (Phi) is 4.99. The fourth-order valence-electron chi connectivity index (χ4n) is 2.71. The summed E-state index contributed by atoms with van der Waals surface area (Å²) < 4.78 is 3.22. The minimum Gasteiger partial charge on any atom is -0.481 e. The van der Waals surface area contributed by atoms with E-state index in [1.807, 2.05) is 33.3 Å². The molecule has 1 N–H and O–H groups in total. The number of fused-ring (bicyclic) bond motifs is 2. The summed E-state index contributed by atoms with van der Waals surface area (Å²) in [5.74, 6) is -0.749. The normalized spacial score (nSPS) is 11.0. The molecule has 1 heterocycles. The molecule has 130 valence electrons. The van der Waals surface area contributed by atoms with E-state index in [1.165, 1.54) is 0 Å². The van der Waals surface area contributed by atoms with E-state index in [-0.39, 0.29) is 6.42 Å². The Labute approximate surface area is 150 Å². The van der Waals surface area contributed by atoms with Gasteiger partial charge in [0, 0.05) is 37.8 Å². The number of hydrogen-bond acceptors (Lipinski definition) is 4. The van der Waals surface area contributed by atoms with Crippen LogP contribution in [-0.2, 0) is 4.79 Å². The number of carboxylic acids is 1. The zero-order valence-corrected chi connectivity index (χ0v) is 15.5. The molecule has 0 spiro atoms. The summed E-state index contributed by atoms with van der Waals surface area (Å²) in [5, 5.41) is 9.93. The Bertz CT molecular complexity index is 960. The van der Waals surface area contributed by atoms with E-state index in [4.69, 9.17) is 10.1 Å². The summed E-state index contributed by atoms with van der Waals surface area (Å²) in [6.07, 6.45) is 0.829. The first-order valence-electron chi connectivity index (χ1n) is 8.22. The molecule has 0 atom stereocenters. The molecule has 0 fully saturated rings. The van der Waals surface area contributed by atoms with Crippen LogP contribution in [0.4, 0.5) is 5.69 Å². The van der Waals surface area contributed by atoms with Gasteiger partial charge >= 0.3 is 5.97 Å². The van der Waals surface area contributed by atoms with Gasteiger partial charge in [0.05, 0.1) is 20.8 Å². The van der Waals surface area contributed by atoms with Crippen LogP contribution >= 0.6 is 11.3 Å². The predicted octanol–water partition coefficient (Wildman–Crippen LogP) is 2.73. The molecule has 1 aromatic rings. The number of carboxylic acid groups (broad SMARTS) is 1. The maximum atomic E-state index is 10.7. The fourth-order valence-corrected chi connectivity index (χ4v) is 3.75. The van der Waals surface area contributed by atoms with Crippen LogP contribution in [0.25, 0.3) is 20.8 Å². The lowest BCUT2D eigenvalue weighted by Gasteiger charge is -2.19. The second kappa shape index (κ2) is 7.19. The topological polar surface area (TPSA) is 56.4 Å². The molecule has 0 saturated carbocycles. The Morgan fingerprint density at radius 2 is 2.04 bits per heavy atom. The van der Waals surface area contributed by atoms with Crippen LogP contribution in [0, 0.1) is 0 Å². The molecular formula is C19H22N3O2S+. The van der Waals surface area contributed by atoms with Gasteiger partial charge in [0.25, 0.3) is 0 Å². The van der Waals surface area contributed by atoms with Gasteiger partial charge in [0.2, 0.25) is 5.36 Å². The molecule has 1 aliphatic carbocycles. The Morgan fingerprint density at radius 3 is 2.76 bits per heavy atom. The number of benzene rings is 2. The third-order valence-electron chi connectivity index (χ3n) is 4.19. The summed E-state index contributed by atoms with van der Waals surface area (Å²) in [5.41, 5.74) is 3.07. The molecule has 0 saturated heterocycles. The maximum Gasteiger partial charge on any atom is 0.303 e. The Balaban J connectivity index is 1.96. The molecule has 0 amide bonds. The summed E-state index contributed by atoms with van der Waals surface area (Å²) in [7, 11) is 6.06. The zero-order valence-electron chi connectivity index (χ0n) is 14.7. The highest BCUT2D eigenvalue weighted by Gasteiger charge is 2.10. The van der Waals surface area contributed by atoms with Crippen LogP contribution in [0.5, 0.6) is 0 Å². The lowest BCUT2D eigenvalue weighted by molar-refractivity contribution is -0.137. The van der Waals surface area contributed by atoms with Gasteiger partial charge in [-0.3, -0.25) is 4.79 Å². The van der Waals surface area contributed by atoms with Crippen molar-refractivity contribution < 1.29 is 9.90 Å². The first-order chi connectivity index (χ1) is 11.9. The molecule has 0 radical (unpaired) electrons. The first kappa shape index (κ1) is 17.4. The summed E-state index contributed by atoms with van der Waals surface area (Å²) >= 11 is 1.73. The number of rotatable bonds is 5. The second-order valence-electron chi connectivity index (χ2n) is 6.33. The molecule has 3 rings (SSSR count). The van der Waals surface area contributed by atoms with Gasteiger partial charge in [-0.05, 0) is 30.7 Å². The van der Waals surface area contributed by atoms with Gasteiger partial charge in [0.1, 0.15) is 14.1 Å². The second-order valence-corrected chi connectivity index (χ2v) is 7.41. The maximum absolute atomic E-state index is 10.7. The minimum atomic E-state index is -0.749. The van der Waals surface area contributed by atoms with Gasteiger partial charge in [-0.15, -0.1) is 11.3 Å². The van der Waals surface area contributed by atoms with Gasteiger partial charge in [-0.2, -0.15) is 0 Å². The van der Waals surface area contributed by atoms with Crippen LogP contribution < -0.4 is 14.8 Å². The number of carbonyl (C=O) groups is 1. The summed E-state index contributed by atoms with van der Waals surface area (Å²) in [4.78, 5) is 18.7. The average molecular weight is 356 g/mol. The summed E-state index contributed by atoms with van der Waals surface area (Å²) in [6.45, 7) is 0.717. The van der Waals surface area contributed by atoms with E-state index in [9.17, 15) is 4.79 Å². The summed E-state index contributed by atoms with van der Waals surface area (Å²) in [6, 6.07) is 12.5. The Hall–Kier alpha value is -2.47. The van der Waals surface area contributed by atoms with Crippen molar-refractivity contribution >= 4 is 33.2 Å². The third-order valence-corrected chi connectivity index (χ3v) is 5.28. The lowest BCUT2D eigenvalue weighted by atomic mass is 10.2. The van der Waals surface area contributed by atoms with Crippen molar-refractivity contribution in [2.24, 2.45) is 0 Å². The highest BCUT2D eigenvalue weighted by Crippen LogP contribution is 2.31. The monoisotopic (exact) mass is 356 g/mol. The highest BCUT2D eigenvalue weighted by molar-refractivity contribution is 7.21. The molecule has 2 aliphatic rings. The van der Waals surface area contributed by atoms with E-state index >= 15 is 0 Å². The van der Waals surface area contributed by atoms with Crippen molar-refractivity contribution in [3.8, 4) is 10.6 Å². The Morgan fingerprint density at radius 1 is 1.24 bits per heavy atom. The molecule has 1 aromatic carbocycles. The van der Waals surface area contributed by atoms with Gasteiger partial charge in [0.15, 0.2) is 0 Å². The quantitative estimate of drug-likeness (QED) is 0.564. The molecule has 6 heteroatoms. The SMILES string of the molecule is CN(CCCC(=O)O)c1ccc2nc3ccc(=[N+](C)C)cc-3sc2c1. The highest BCUT2D eigenvalue weighted by atomic mass is 32.1. The molecule has 1 aliphatic heterocycles. The molecule has 0 bridgehead atoms. The van der Waals surface area contributed by atoms with Crippen molar-refractivity contribution in [2.45, 2.75) is 12.8 Å². The van der Waals surface area contributed by atoms with E-state index in [2.05, 4.69) is 33.7 Å². The number of aromatic nitrogens is 1. The van der Waals surface area contributed by atoms with Crippen LogP contribution in [0.3, 0.4) is 0 Å². The largest absolute Gasteiger partial charge is 0.481 e. The van der Waals surface area contributed by atoms with Crippen molar-refractivity contribution in [1.82, 2.24) is 9.56 Å². The number of nitrogens with zero attached hydrogens (tertiary/aromatic N) is 3. The van der Waals surface area contributed by atoms with Gasteiger partial charge in [-0.25, -0.2) is 9.56 Å². The lowest BCUT2D eigenvalue weighted by Crippen LogP contribution is -2.21. The predicted molar refractivity (Wildman–Crippen MR) is 103 cm³/mol. The van der Waals surface area contributed by atoms with E-state index in [1.54, 1.807) is 11.3 Å². The molecular weight excluding hydrogens is 334 g/mol. The number of anilines is 1. The number of hydrogen-bond donors (Lipinski definition) is 1. The van der Waals surface area contributed by atoms with Gasteiger partial charge < -0.3 is 10.0 Å². The van der Waals surface area contributed by atoms with Crippen molar-refractivity contribution in [1.29, 1.82) is 0 Å². The van der Waals surface area contributed by atoms with Crippen LogP contribution in [0.15, 0.2) is 36.4 Å². The van der Waals surface area contributed by atoms with Crippen molar-refractivity contribution in [3.05, 3.63) is 41.8 Å². The zero-order chi connectivity index (χ0) is 18.0. The number of aliphatic carboxylic acids is 1.